The van der Waals surface area contributed by atoms with Gasteiger partial charge in [-0.25, -0.2) is 4.79 Å². The van der Waals surface area contributed by atoms with Crippen molar-refractivity contribution in [3.05, 3.63) is 82.7 Å². The Kier molecular flexibility index (Phi) is 5.55. The summed E-state index contributed by atoms with van der Waals surface area (Å²) in [6.07, 6.45) is 2.42. The highest BCUT2D eigenvalue weighted by Gasteiger charge is 2.44. The molecule has 0 radical (unpaired) electrons. The van der Waals surface area contributed by atoms with Crippen LogP contribution in [0, 0.1) is 5.92 Å². The van der Waals surface area contributed by atoms with E-state index in [0.29, 0.717) is 17.7 Å². The Bertz CT molecular complexity index is 1070. The molecule has 2 aromatic carbocycles. The zero-order valence-corrected chi connectivity index (χ0v) is 17.7. The van der Waals surface area contributed by atoms with E-state index in [2.05, 4.69) is 11.4 Å². The van der Waals surface area contributed by atoms with Crippen molar-refractivity contribution in [2.45, 2.75) is 25.2 Å². The van der Waals surface area contributed by atoms with Gasteiger partial charge in [-0.1, -0.05) is 30.3 Å². The predicted octanol–water partition coefficient (Wildman–Crippen LogP) is 3.79. The minimum absolute atomic E-state index is 0.0535. The normalized spacial score (nSPS) is 22.9. The molecule has 31 heavy (non-hydrogen) atoms. The second kappa shape index (κ2) is 8.30. The Morgan fingerprint density at radius 1 is 1.00 bits per heavy atom. The van der Waals surface area contributed by atoms with Crippen molar-refractivity contribution >= 4 is 11.8 Å². The molecule has 0 saturated heterocycles. The summed E-state index contributed by atoms with van der Waals surface area (Å²) in [6, 6.07) is 14.4. The molecule has 0 fully saturated rings. The van der Waals surface area contributed by atoms with Gasteiger partial charge in [-0.05, 0) is 42.3 Å². The van der Waals surface area contributed by atoms with E-state index in [0.717, 1.165) is 22.6 Å². The zero-order valence-electron chi connectivity index (χ0n) is 17.7. The minimum Gasteiger partial charge on any atom is -0.508 e. The lowest BCUT2D eigenvalue weighted by Gasteiger charge is -2.39. The van der Waals surface area contributed by atoms with Crippen LogP contribution in [0.15, 0.2) is 71.6 Å². The average Bonchev–Trinajstić information content (AvgIpc) is 2.78. The molecular formula is C25H25NO5. The Balaban J connectivity index is 1.79. The lowest BCUT2D eigenvalue weighted by atomic mass is 9.68. The number of nitrogens with one attached hydrogen (secondary N) is 1. The van der Waals surface area contributed by atoms with Crippen LogP contribution in [0.4, 0.5) is 0 Å². The summed E-state index contributed by atoms with van der Waals surface area (Å²) < 4.78 is 10.3. The van der Waals surface area contributed by atoms with Gasteiger partial charge >= 0.3 is 5.97 Å². The number of Topliss-reactive ketones (excluding diaryl/α,β-unsaturated/α-hetero) is 1. The molecule has 160 valence electrons. The lowest BCUT2D eigenvalue weighted by Crippen LogP contribution is -2.41. The fraction of sp³-hybridized carbons (Fsp3) is 0.280. The van der Waals surface area contributed by atoms with Gasteiger partial charge in [0.1, 0.15) is 17.3 Å². The average molecular weight is 419 g/mol. The van der Waals surface area contributed by atoms with Gasteiger partial charge in [0.25, 0.3) is 0 Å². The summed E-state index contributed by atoms with van der Waals surface area (Å²) in [5.74, 6) is -0.582. The van der Waals surface area contributed by atoms with Gasteiger partial charge in [0.2, 0.25) is 0 Å². The number of rotatable bonds is 4. The van der Waals surface area contributed by atoms with Crippen molar-refractivity contribution in [3.8, 4) is 11.5 Å². The highest BCUT2D eigenvalue weighted by atomic mass is 16.5. The smallest absolute Gasteiger partial charge is 0.336 e. The van der Waals surface area contributed by atoms with E-state index < -0.39 is 17.8 Å². The SMILES string of the molecule is COC(=O)C1=C(C)NC2=CC(c3ccc(OC)cc3)CC(=O)C2C1c1ccc(O)cc1. The number of phenolic OH excluding ortho intramolecular Hbond substituents is 1. The van der Waals surface area contributed by atoms with Gasteiger partial charge < -0.3 is 19.9 Å². The van der Waals surface area contributed by atoms with E-state index >= 15 is 0 Å². The standard InChI is InChI=1S/C25H25NO5/c1-14-22(25(29)31-3)23(16-4-8-18(27)9-5-16)24-20(26-14)12-17(13-21(24)28)15-6-10-19(30-2)11-7-15/h4-12,17,23-24,26-27H,13H2,1-3H3. The molecule has 1 aliphatic carbocycles. The van der Waals surface area contributed by atoms with E-state index in [4.69, 9.17) is 9.47 Å². The molecule has 4 rings (SSSR count). The topological polar surface area (TPSA) is 84.9 Å². The largest absolute Gasteiger partial charge is 0.508 e. The molecule has 3 atom stereocenters. The molecule has 2 N–H and O–H groups in total. The van der Waals surface area contributed by atoms with Crippen molar-refractivity contribution < 1.29 is 24.2 Å². The van der Waals surface area contributed by atoms with Crippen LogP contribution in [0.25, 0.3) is 0 Å². The Morgan fingerprint density at radius 2 is 1.65 bits per heavy atom. The minimum atomic E-state index is -0.517. The Hall–Kier alpha value is -3.54. The number of aromatic hydroxyl groups is 1. The molecule has 0 bridgehead atoms. The first-order valence-corrected chi connectivity index (χ1v) is 10.2. The number of methoxy groups -OCH3 is 2. The lowest BCUT2D eigenvalue weighted by molar-refractivity contribution is -0.136. The first-order valence-electron chi connectivity index (χ1n) is 10.2. The second-order valence-corrected chi connectivity index (χ2v) is 7.87. The quantitative estimate of drug-likeness (QED) is 0.734. The molecule has 1 heterocycles. The van der Waals surface area contributed by atoms with Gasteiger partial charge in [-0.15, -0.1) is 0 Å². The zero-order chi connectivity index (χ0) is 22.1. The maximum atomic E-state index is 13.4. The van der Waals surface area contributed by atoms with Crippen LogP contribution in [0.1, 0.15) is 36.3 Å². The summed E-state index contributed by atoms with van der Waals surface area (Å²) in [6.45, 7) is 1.82. The summed E-state index contributed by atoms with van der Waals surface area (Å²) in [5.41, 5.74) is 3.71. The van der Waals surface area contributed by atoms with Crippen LogP contribution < -0.4 is 10.1 Å². The van der Waals surface area contributed by atoms with Gasteiger partial charge in [0, 0.05) is 29.7 Å². The fourth-order valence-corrected chi connectivity index (χ4v) is 4.56. The molecule has 6 nitrogen and oxygen atoms in total. The Labute approximate surface area is 181 Å². The van der Waals surface area contributed by atoms with E-state index in [-0.39, 0.29) is 17.5 Å². The third kappa shape index (κ3) is 3.81. The number of phenols is 1. The predicted molar refractivity (Wildman–Crippen MR) is 116 cm³/mol. The van der Waals surface area contributed by atoms with Crippen LogP contribution >= 0.6 is 0 Å². The van der Waals surface area contributed by atoms with Crippen molar-refractivity contribution in [1.29, 1.82) is 0 Å². The monoisotopic (exact) mass is 419 g/mol. The van der Waals surface area contributed by atoms with Crippen molar-refractivity contribution in [3.63, 3.8) is 0 Å². The Morgan fingerprint density at radius 3 is 2.26 bits per heavy atom. The van der Waals surface area contributed by atoms with Crippen LogP contribution in [0.3, 0.4) is 0 Å². The van der Waals surface area contributed by atoms with Gasteiger partial charge in [-0.3, -0.25) is 4.79 Å². The van der Waals surface area contributed by atoms with Crippen LogP contribution in [-0.4, -0.2) is 31.1 Å². The number of ether oxygens (including phenoxy) is 2. The maximum absolute atomic E-state index is 13.4. The number of carbonyl (C=O) groups excluding carboxylic acids is 2. The van der Waals surface area contributed by atoms with Crippen molar-refractivity contribution in [2.75, 3.05) is 14.2 Å². The summed E-state index contributed by atoms with van der Waals surface area (Å²) >= 11 is 0. The summed E-state index contributed by atoms with van der Waals surface area (Å²) in [5, 5.41) is 13.0. The molecule has 0 spiro atoms. The van der Waals surface area contributed by atoms with Crippen molar-refractivity contribution in [1.82, 2.24) is 5.32 Å². The van der Waals surface area contributed by atoms with Crippen LogP contribution in [0.2, 0.25) is 0 Å². The summed E-state index contributed by atoms with van der Waals surface area (Å²) in [7, 11) is 2.96. The number of carbonyl (C=O) groups is 2. The van der Waals surface area contributed by atoms with Crippen LogP contribution in [-0.2, 0) is 14.3 Å². The maximum Gasteiger partial charge on any atom is 0.336 e. The van der Waals surface area contributed by atoms with Gasteiger partial charge in [-0.2, -0.15) is 0 Å². The van der Waals surface area contributed by atoms with Gasteiger partial charge in [0.05, 0.1) is 25.7 Å². The summed E-state index contributed by atoms with van der Waals surface area (Å²) in [4.78, 5) is 26.1. The molecule has 0 aromatic heterocycles. The molecule has 6 heteroatoms. The number of hydrogen-bond donors (Lipinski definition) is 2. The molecule has 0 saturated carbocycles. The third-order valence-corrected chi connectivity index (χ3v) is 6.07. The molecule has 1 aliphatic heterocycles. The van der Waals surface area contributed by atoms with E-state index in [1.165, 1.54) is 7.11 Å². The molecule has 0 amide bonds. The van der Waals surface area contributed by atoms with E-state index in [1.807, 2.05) is 31.2 Å². The van der Waals surface area contributed by atoms with E-state index in [9.17, 15) is 14.7 Å². The van der Waals surface area contributed by atoms with E-state index in [1.54, 1.807) is 31.4 Å². The number of ketones is 1. The van der Waals surface area contributed by atoms with Crippen LogP contribution in [0.5, 0.6) is 11.5 Å². The first kappa shape index (κ1) is 20.7. The van der Waals surface area contributed by atoms with Gasteiger partial charge in [0.15, 0.2) is 0 Å². The molecular weight excluding hydrogens is 394 g/mol. The third-order valence-electron chi connectivity index (χ3n) is 6.07. The number of fused-ring (bicyclic) bond motifs is 1. The molecule has 2 aliphatic rings. The highest BCUT2D eigenvalue weighted by Crippen LogP contribution is 2.46. The van der Waals surface area contributed by atoms with Crippen molar-refractivity contribution in [2.24, 2.45) is 5.92 Å². The number of hydrogen-bond acceptors (Lipinski definition) is 6. The number of benzene rings is 2. The molecule has 3 unspecified atom stereocenters. The number of esters is 1. The highest BCUT2D eigenvalue weighted by molar-refractivity contribution is 5.96. The fourth-order valence-electron chi connectivity index (χ4n) is 4.56. The number of allylic oxidation sites excluding steroid dienone is 3. The molecule has 2 aromatic rings. The first-order chi connectivity index (χ1) is 14.9. The second-order valence-electron chi connectivity index (χ2n) is 7.87.